The zero-order valence-electron chi connectivity index (χ0n) is 16.7. The van der Waals surface area contributed by atoms with Gasteiger partial charge in [0.15, 0.2) is 0 Å². The number of carbonyl (C=O) groups excluding carboxylic acids is 1. The van der Waals surface area contributed by atoms with Crippen LogP contribution in [0, 0.1) is 6.92 Å². The van der Waals surface area contributed by atoms with Gasteiger partial charge >= 0.3 is 0 Å². The van der Waals surface area contributed by atoms with E-state index in [0.717, 1.165) is 26.0 Å². The molecule has 4 aromatic rings. The SMILES string of the molecule is Cc1nc(-c2cccs2)sc1-c1ccc(=O)n(CCNC(=O)Cc2ccccc2Cl)n1. The first-order chi connectivity index (χ1) is 15.0. The number of nitrogens with zero attached hydrogens (tertiary/aromatic N) is 3. The minimum Gasteiger partial charge on any atom is -0.354 e. The lowest BCUT2D eigenvalue weighted by atomic mass is 10.1. The Balaban J connectivity index is 1.43. The topological polar surface area (TPSA) is 76.9 Å². The minimum absolute atomic E-state index is 0.156. The second-order valence-electron chi connectivity index (χ2n) is 6.81. The van der Waals surface area contributed by atoms with Crippen LogP contribution in [-0.2, 0) is 17.8 Å². The van der Waals surface area contributed by atoms with E-state index in [1.165, 1.54) is 10.7 Å². The van der Waals surface area contributed by atoms with Gasteiger partial charge in [-0.05, 0) is 36.1 Å². The summed E-state index contributed by atoms with van der Waals surface area (Å²) in [5.41, 5.74) is 2.12. The van der Waals surface area contributed by atoms with Crippen LogP contribution < -0.4 is 10.9 Å². The molecular weight excluding hydrogens is 452 g/mol. The summed E-state index contributed by atoms with van der Waals surface area (Å²) < 4.78 is 1.37. The molecule has 1 amide bonds. The molecule has 4 rings (SSSR count). The third kappa shape index (κ3) is 5.10. The number of benzene rings is 1. The van der Waals surface area contributed by atoms with E-state index in [9.17, 15) is 9.59 Å². The molecule has 9 heteroatoms. The Morgan fingerprint density at radius 1 is 1.16 bits per heavy atom. The molecule has 1 aromatic carbocycles. The maximum atomic E-state index is 12.3. The Morgan fingerprint density at radius 2 is 2.00 bits per heavy atom. The quantitative estimate of drug-likeness (QED) is 0.434. The molecule has 0 fully saturated rings. The van der Waals surface area contributed by atoms with Gasteiger partial charge in [0, 0.05) is 17.6 Å². The minimum atomic E-state index is -0.218. The largest absolute Gasteiger partial charge is 0.354 e. The van der Waals surface area contributed by atoms with E-state index in [2.05, 4.69) is 15.4 Å². The lowest BCUT2D eigenvalue weighted by molar-refractivity contribution is -0.120. The molecule has 0 saturated carbocycles. The average molecular weight is 471 g/mol. The number of carbonyl (C=O) groups is 1. The van der Waals surface area contributed by atoms with Gasteiger partial charge in [0.1, 0.15) is 10.7 Å². The van der Waals surface area contributed by atoms with Crippen LogP contribution in [0.2, 0.25) is 5.02 Å². The van der Waals surface area contributed by atoms with E-state index in [1.54, 1.807) is 34.8 Å². The second-order valence-corrected chi connectivity index (χ2v) is 9.16. The fourth-order valence-corrected chi connectivity index (χ4v) is 5.08. The molecule has 3 heterocycles. The van der Waals surface area contributed by atoms with Gasteiger partial charge in [0.25, 0.3) is 5.56 Å². The molecule has 0 aliphatic rings. The van der Waals surface area contributed by atoms with E-state index in [1.807, 2.05) is 42.6 Å². The van der Waals surface area contributed by atoms with Crippen LogP contribution in [0.15, 0.2) is 58.7 Å². The molecule has 0 unspecified atom stereocenters. The smallest absolute Gasteiger partial charge is 0.266 e. The monoisotopic (exact) mass is 470 g/mol. The molecule has 0 aliphatic heterocycles. The maximum Gasteiger partial charge on any atom is 0.266 e. The van der Waals surface area contributed by atoms with Crippen LogP contribution in [0.5, 0.6) is 0 Å². The Hall–Kier alpha value is -2.81. The number of thiophene rings is 1. The van der Waals surface area contributed by atoms with Crippen molar-refractivity contribution in [3.8, 4) is 20.5 Å². The number of hydrogen-bond donors (Lipinski definition) is 1. The standard InChI is InChI=1S/C22H19ClN4O2S2/c1-14-21(31-22(25-14)18-7-4-12-30-18)17-8-9-20(29)27(26-17)11-10-24-19(28)13-15-5-2-3-6-16(15)23/h2-9,12H,10-11,13H2,1H3,(H,24,28). The van der Waals surface area contributed by atoms with Crippen molar-refractivity contribution in [2.45, 2.75) is 19.9 Å². The number of rotatable bonds is 7. The van der Waals surface area contributed by atoms with Gasteiger partial charge in [-0.1, -0.05) is 35.9 Å². The van der Waals surface area contributed by atoms with Gasteiger partial charge < -0.3 is 5.32 Å². The van der Waals surface area contributed by atoms with Crippen molar-refractivity contribution in [1.82, 2.24) is 20.1 Å². The third-order valence-electron chi connectivity index (χ3n) is 4.58. The molecule has 0 bridgehead atoms. The average Bonchev–Trinajstić information content (AvgIpc) is 3.41. The van der Waals surface area contributed by atoms with Crippen LogP contribution in [0.3, 0.4) is 0 Å². The number of amides is 1. The second kappa shape index (κ2) is 9.55. The number of halogens is 1. The van der Waals surface area contributed by atoms with Crippen molar-refractivity contribution in [3.63, 3.8) is 0 Å². The van der Waals surface area contributed by atoms with Gasteiger partial charge in [-0.15, -0.1) is 22.7 Å². The summed E-state index contributed by atoms with van der Waals surface area (Å²) in [5.74, 6) is -0.156. The summed E-state index contributed by atoms with van der Waals surface area (Å²) >= 11 is 9.30. The first-order valence-electron chi connectivity index (χ1n) is 9.61. The van der Waals surface area contributed by atoms with Crippen molar-refractivity contribution in [2.75, 3.05) is 6.54 Å². The van der Waals surface area contributed by atoms with Gasteiger partial charge in [-0.25, -0.2) is 9.67 Å². The molecular formula is C22H19ClN4O2S2. The maximum absolute atomic E-state index is 12.3. The zero-order valence-corrected chi connectivity index (χ0v) is 19.1. The number of aromatic nitrogens is 3. The predicted molar refractivity (Wildman–Crippen MR) is 126 cm³/mol. The van der Waals surface area contributed by atoms with Gasteiger partial charge in [-0.2, -0.15) is 5.10 Å². The molecule has 3 aromatic heterocycles. The summed E-state index contributed by atoms with van der Waals surface area (Å²) in [7, 11) is 0. The number of thiazole rings is 1. The summed E-state index contributed by atoms with van der Waals surface area (Å²) in [5, 5.41) is 10.8. The molecule has 0 radical (unpaired) electrons. The lowest BCUT2D eigenvalue weighted by Gasteiger charge is -2.09. The Bertz CT molecular complexity index is 1260. The van der Waals surface area contributed by atoms with Crippen LogP contribution in [0.1, 0.15) is 11.3 Å². The molecule has 0 spiro atoms. The Morgan fingerprint density at radius 3 is 2.77 bits per heavy atom. The van der Waals surface area contributed by atoms with Gasteiger partial charge in [-0.3, -0.25) is 9.59 Å². The molecule has 0 atom stereocenters. The highest BCUT2D eigenvalue weighted by atomic mass is 35.5. The predicted octanol–water partition coefficient (Wildman–Crippen LogP) is 4.42. The highest BCUT2D eigenvalue weighted by Crippen LogP contribution is 2.35. The van der Waals surface area contributed by atoms with E-state index in [-0.39, 0.29) is 24.4 Å². The number of nitrogens with one attached hydrogen (secondary N) is 1. The van der Waals surface area contributed by atoms with E-state index >= 15 is 0 Å². The molecule has 0 saturated heterocycles. The highest BCUT2D eigenvalue weighted by molar-refractivity contribution is 7.23. The molecule has 6 nitrogen and oxygen atoms in total. The Kier molecular flexibility index (Phi) is 6.60. The van der Waals surface area contributed by atoms with E-state index in [0.29, 0.717) is 17.3 Å². The first-order valence-corrected chi connectivity index (χ1v) is 11.7. The third-order valence-corrected chi connectivity index (χ3v) is 7.17. The molecule has 31 heavy (non-hydrogen) atoms. The van der Waals surface area contributed by atoms with Gasteiger partial charge in [0.2, 0.25) is 5.91 Å². The van der Waals surface area contributed by atoms with Crippen molar-refractivity contribution in [2.24, 2.45) is 0 Å². The van der Waals surface area contributed by atoms with Crippen LogP contribution >= 0.6 is 34.3 Å². The van der Waals surface area contributed by atoms with Crippen LogP contribution in [-0.4, -0.2) is 27.2 Å². The fourth-order valence-electron chi connectivity index (χ4n) is 3.05. The van der Waals surface area contributed by atoms with E-state index in [4.69, 9.17) is 11.6 Å². The van der Waals surface area contributed by atoms with Crippen LogP contribution in [0.25, 0.3) is 20.5 Å². The zero-order chi connectivity index (χ0) is 21.8. The summed E-state index contributed by atoms with van der Waals surface area (Å²) in [4.78, 5) is 31.1. The van der Waals surface area contributed by atoms with Crippen LogP contribution in [0.4, 0.5) is 0 Å². The summed E-state index contributed by atoms with van der Waals surface area (Å²) in [6, 6.07) is 14.5. The Labute approximate surface area is 192 Å². The fraction of sp³-hybridized carbons (Fsp3) is 0.182. The normalized spacial score (nSPS) is 10.9. The van der Waals surface area contributed by atoms with Gasteiger partial charge in [0.05, 0.1) is 28.4 Å². The van der Waals surface area contributed by atoms with Crippen molar-refractivity contribution in [3.05, 3.63) is 80.5 Å². The summed E-state index contributed by atoms with van der Waals surface area (Å²) in [6.07, 6.45) is 0.188. The molecule has 158 valence electrons. The van der Waals surface area contributed by atoms with Crippen molar-refractivity contribution < 1.29 is 4.79 Å². The number of aryl methyl sites for hydroxylation is 1. The lowest BCUT2D eigenvalue weighted by Crippen LogP contribution is -2.32. The molecule has 1 N–H and O–H groups in total. The van der Waals surface area contributed by atoms with Crippen molar-refractivity contribution >= 4 is 40.2 Å². The highest BCUT2D eigenvalue weighted by Gasteiger charge is 2.14. The molecule has 0 aliphatic carbocycles. The number of hydrogen-bond acceptors (Lipinski definition) is 6. The van der Waals surface area contributed by atoms with Crippen molar-refractivity contribution in [1.29, 1.82) is 0 Å². The summed E-state index contributed by atoms with van der Waals surface area (Å²) in [6.45, 7) is 2.51. The first kappa shape index (κ1) is 21.4. The van der Waals surface area contributed by atoms with E-state index < -0.39 is 0 Å².